The van der Waals surface area contributed by atoms with Crippen LogP contribution in [-0.2, 0) is 28.8 Å². The normalized spacial score (nSPS) is 8.33. The summed E-state index contributed by atoms with van der Waals surface area (Å²) in [6.45, 7) is 12.5. The minimum absolute atomic E-state index is 0. The number of carbonyl (C=O) groups excluding carboxylic acids is 6. The predicted octanol–water partition coefficient (Wildman–Crippen LogP) is 0.907. The lowest BCUT2D eigenvalue weighted by atomic mass is 10.5. The number of nitrogens with zero attached hydrogens (tertiary/aromatic N) is 2. The highest BCUT2D eigenvalue weighted by Gasteiger charge is 2.12. The van der Waals surface area contributed by atoms with Crippen molar-refractivity contribution in [2.24, 2.45) is 0 Å². The van der Waals surface area contributed by atoms with E-state index in [1.165, 1.54) is 41.7 Å². The highest BCUT2D eigenvalue weighted by Crippen LogP contribution is 1.87. The maximum atomic E-state index is 10.8. The molecule has 0 aromatic heterocycles. The largest absolute Gasteiger partial charge is 0.360 e. The van der Waals surface area contributed by atoms with Crippen molar-refractivity contribution in [2.75, 3.05) is 19.9 Å². The van der Waals surface area contributed by atoms with Crippen molar-refractivity contribution in [1.29, 1.82) is 0 Å². The minimum atomic E-state index is -0.559. The topological polar surface area (TPSA) is 133 Å². The van der Waals surface area contributed by atoms with Crippen LogP contribution in [0.4, 0.5) is 0 Å². The zero-order valence-electron chi connectivity index (χ0n) is 18.3. The Balaban J connectivity index is -0.000000104. The predicted molar refractivity (Wildman–Crippen MR) is 122 cm³/mol. The highest BCUT2D eigenvalue weighted by atomic mass is 28.3. The Kier molecular flexibility index (Phi) is 26.9. The molecule has 6 amide bonds. The molecule has 0 rings (SSSR count). The quantitative estimate of drug-likeness (QED) is 0.483. The Morgan fingerprint density at radius 1 is 0.667 bits per heavy atom. The van der Waals surface area contributed by atoms with Gasteiger partial charge in [-0.2, -0.15) is 0 Å². The van der Waals surface area contributed by atoms with Gasteiger partial charge in [-0.05, 0) is 0 Å². The molecule has 2 N–H and O–H groups in total. The fourth-order valence-corrected chi connectivity index (χ4v) is 1.90. The lowest BCUT2D eigenvalue weighted by molar-refractivity contribution is -0.143. The van der Waals surface area contributed by atoms with Crippen LogP contribution < -0.4 is 10.6 Å². The summed E-state index contributed by atoms with van der Waals surface area (Å²) in [5.41, 5.74) is 0. The maximum Gasteiger partial charge on any atom is 0.227 e. The summed E-state index contributed by atoms with van der Waals surface area (Å²) in [6, 6.07) is 0. The van der Waals surface area contributed by atoms with E-state index in [4.69, 9.17) is 0 Å². The van der Waals surface area contributed by atoms with Gasteiger partial charge in [0.05, 0.1) is 8.80 Å². The van der Waals surface area contributed by atoms with E-state index in [-0.39, 0.29) is 57.0 Å². The van der Waals surface area contributed by atoms with Crippen LogP contribution in [-0.4, -0.2) is 73.9 Å². The monoisotopic (exact) mass is 450 g/mol. The Labute approximate surface area is 183 Å². The van der Waals surface area contributed by atoms with E-state index < -0.39 is 8.80 Å². The molecule has 0 bridgehead atoms. The molecular formula is C19H42N4O6Si. The number of rotatable bonds is 4. The van der Waals surface area contributed by atoms with Crippen molar-refractivity contribution in [2.45, 2.75) is 69.5 Å². The summed E-state index contributed by atoms with van der Waals surface area (Å²) in [5, 5.41) is 5.12. The molecule has 0 aliphatic rings. The van der Waals surface area contributed by atoms with Crippen LogP contribution in [0.25, 0.3) is 0 Å². The molecule has 0 aliphatic heterocycles. The molecular weight excluding hydrogens is 408 g/mol. The van der Waals surface area contributed by atoms with Gasteiger partial charge in [0.2, 0.25) is 35.4 Å². The summed E-state index contributed by atoms with van der Waals surface area (Å²) >= 11 is 0. The number of nitrogens with one attached hydrogen (secondary N) is 2. The van der Waals surface area contributed by atoms with E-state index in [0.717, 1.165) is 16.0 Å². The van der Waals surface area contributed by atoms with Gasteiger partial charge in [-0.3, -0.25) is 38.6 Å². The van der Waals surface area contributed by atoms with Crippen molar-refractivity contribution >= 4 is 44.2 Å². The number of carbonyl (C=O) groups is 6. The van der Waals surface area contributed by atoms with Gasteiger partial charge in [0.25, 0.3) is 0 Å². The fraction of sp³-hybridized carbons (Fsp3) is 0.684. The summed E-state index contributed by atoms with van der Waals surface area (Å²) in [4.78, 5) is 64.8. The average Bonchev–Trinajstić information content (AvgIpc) is 2.52. The van der Waals surface area contributed by atoms with Crippen LogP contribution in [0.3, 0.4) is 0 Å². The van der Waals surface area contributed by atoms with Crippen molar-refractivity contribution in [3.63, 3.8) is 0 Å². The zero-order valence-corrected chi connectivity index (χ0v) is 19.5. The molecule has 0 atom stereocenters. The van der Waals surface area contributed by atoms with Gasteiger partial charge >= 0.3 is 0 Å². The van der Waals surface area contributed by atoms with E-state index in [0.29, 0.717) is 0 Å². The number of amides is 6. The van der Waals surface area contributed by atoms with Crippen molar-refractivity contribution < 1.29 is 28.8 Å². The van der Waals surface area contributed by atoms with Crippen LogP contribution in [0.5, 0.6) is 0 Å². The van der Waals surface area contributed by atoms with E-state index in [9.17, 15) is 28.8 Å². The lowest BCUT2D eigenvalue weighted by Crippen LogP contribution is -2.42. The molecule has 0 radical (unpaired) electrons. The third kappa shape index (κ3) is 27.7. The number of hydrogen-bond acceptors (Lipinski definition) is 6. The first-order valence-electron chi connectivity index (χ1n) is 8.65. The van der Waals surface area contributed by atoms with E-state index >= 15 is 0 Å². The van der Waals surface area contributed by atoms with Crippen LogP contribution in [0.2, 0.25) is 13.1 Å². The molecule has 10 nitrogen and oxygen atoms in total. The fourth-order valence-electron chi connectivity index (χ4n) is 1.20. The van der Waals surface area contributed by atoms with Crippen LogP contribution in [0, 0.1) is 0 Å². The lowest BCUT2D eigenvalue weighted by Gasteiger charge is -2.16. The smallest absolute Gasteiger partial charge is 0.227 e. The van der Waals surface area contributed by atoms with Crippen molar-refractivity contribution in [1.82, 2.24) is 20.4 Å². The van der Waals surface area contributed by atoms with Crippen LogP contribution in [0.1, 0.15) is 56.4 Å². The first-order chi connectivity index (χ1) is 12.6. The SMILES string of the molecule is C.C.CC(=O)N(C)C(C)=O.CC(=O)NCN(C(C)=O)C(C)=O.CC(=O)NC[SiH](C)C. The Morgan fingerprint density at radius 2 is 1.00 bits per heavy atom. The second kappa shape index (κ2) is 21.2. The first kappa shape index (κ1) is 38.1. The molecule has 0 heterocycles. The summed E-state index contributed by atoms with van der Waals surface area (Å²) in [5.74, 6) is -1.39. The molecule has 0 aromatic carbocycles. The van der Waals surface area contributed by atoms with Gasteiger partial charge in [0.1, 0.15) is 6.67 Å². The van der Waals surface area contributed by atoms with E-state index in [1.54, 1.807) is 6.92 Å². The summed E-state index contributed by atoms with van der Waals surface area (Å²) in [6.07, 6.45) is 0.926. The molecule has 0 spiro atoms. The highest BCUT2D eigenvalue weighted by molar-refractivity contribution is 6.56. The van der Waals surface area contributed by atoms with Crippen LogP contribution >= 0.6 is 0 Å². The number of hydrogen-bond donors (Lipinski definition) is 2. The second-order valence-corrected chi connectivity index (χ2v) is 9.48. The molecule has 0 aliphatic carbocycles. The molecule has 178 valence electrons. The Hall–Kier alpha value is -2.56. The molecule has 11 heteroatoms. The molecule has 0 saturated carbocycles. The van der Waals surface area contributed by atoms with Crippen molar-refractivity contribution in [3.8, 4) is 0 Å². The standard InChI is InChI=1S/C7H12N2O3.C5H9NO2.C5H13NOSi.2CH4/c1-5(10)8-4-9(6(2)11)7(3)12;1-4(7)6(3)5(2)8;1-5(7)6-4-8(2)3;;/h4H2,1-3H3,(H,8,10);1-3H3;8H,4H2,1-3H3,(H,6,7);2*1H4. The average molecular weight is 451 g/mol. The molecule has 0 aromatic rings. The molecule has 0 fully saturated rings. The van der Waals surface area contributed by atoms with Gasteiger partial charge in [-0.25, -0.2) is 0 Å². The van der Waals surface area contributed by atoms with Gasteiger partial charge < -0.3 is 10.6 Å². The number of imide groups is 2. The molecule has 0 saturated heterocycles. The van der Waals surface area contributed by atoms with Gasteiger partial charge in [0, 0.05) is 54.8 Å². The third-order valence-electron chi connectivity index (χ3n) is 2.95. The second-order valence-electron chi connectivity index (χ2n) is 6.29. The van der Waals surface area contributed by atoms with Gasteiger partial charge in [0.15, 0.2) is 0 Å². The minimum Gasteiger partial charge on any atom is -0.360 e. The van der Waals surface area contributed by atoms with Gasteiger partial charge in [-0.15, -0.1) is 0 Å². The first-order valence-corrected chi connectivity index (χ1v) is 11.8. The maximum absolute atomic E-state index is 10.8. The summed E-state index contributed by atoms with van der Waals surface area (Å²) < 4.78 is 0. The summed E-state index contributed by atoms with van der Waals surface area (Å²) in [7, 11) is 0.890. The molecule has 30 heavy (non-hydrogen) atoms. The Bertz CT molecular complexity index is 539. The van der Waals surface area contributed by atoms with E-state index in [1.807, 2.05) is 0 Å². The van der Waals surface area contributed by atoms with Crippen LogP contribution in [0.15, 0.2) is 0 Å². The Morgan fingerprint density at radius 3 is 1.13 bits per heavy atom. The third-order valence-corrected chi connectivity index (χ3v) is 3.97. The van der Waals surface area contributed by atoms with Gasteiger partial charge in [-0.1, -0.05) is 27.9 Å². The van der Waals surface area contributed by atoms with Crippen molar-refractivity contribution in [3.05, 3.63) is 0 Å². The zero-order chi connectivity index (χ0) is 23.0. The van der Waals surface area contributed by atoms with E-state index in [2.05, 4.69) is 23.7 Å². The molecule has 0 unspecified atom stereocenters.